The summed E-state index contributed by atoms with van der Waals surface area (Å²) in [6.07, 6.45) is 2.66. The van der Waals surface area contributed by atoms with Crippen LogP contribution in [0.1, 0.15) is 35.2 Å². The number of benzene rings is 2. The fourth-order valence-corrected chi connectivity index (χ4v) is 4.70. The minimum Gasteiger partial charge on any atom is -0.322 e. The molecule has 0 spiro atoms. The van der Waals surface area contributed by atoms with E-state index in [1.165, 1.54) is 34.6 Å². The molecule has 1 aliphatic rings. The van der Waals surface area contributed by atoms with Gasteiger partial charge in [-0.15, -0.1) is 0 Å². The van der Waals surface area contributed by atoms with Crippen LogP contribution in [0.25, 0.3) is 0 Å². The van der Waals surface area contributed by atoms with Crippen LogP contribution in [0, 0.1) is 17.0 Å². The lowest BCUT2D eigenvalue weighted by Crippen LogP contribution is -2.35. The number of aryl methyl sites for hydroxylation is 1. The van der Waals surface area contributed by atoms with Gasteiger partial charge in [0, 0.05) is 36.0 Å². The van der Waals surface area contributed by atoms with Gasteiger partial charge in [-0.05, 0) is 44.0 Å². The largest absolute Gasteiger partial charge is 0.322 e. The number of hydrogen-bond acceptors (Lipinski definition) is 5. The van der Waals surface area contributed by atoms with Crippen LogP contribution in [0.5, 0.6) is 0 Å². The third-order valence-corrected chi connectivity index (χ3v) is 6.61. The Hall–Kier alpha value is -2.78. The van der Waals surface area contributed by atoms with Gasteiger partial charge in [0.05, 0.1) is 9.82 Å². The fourth-order valence-electron chi connectivity index (χ4n) is 3.14. The highest BCUT2D eigenvalue weighted by Gasteiger charge is 2.26. The van der Waals surface area contributed by atoms with E-state index < -0.39 is 20.9 Å². The Labute approximate surface area is 163 Å². The molecular formula is C19H21N3O5S. The van der Waals surface area contributed by atoms with Crippen LogP contribution in [0.2, 0.25) is 0 Å². The summed E-state index contributed by atoms with van der Waals surface area (Å²) in [5, 5.41) is 13.6. The van der Waals surface area contributed by atoms with Crippen LogP contribution in [-0.2, 0) is 10.0 Å². The molecule has 3 rings (SSSR count). The number of amides is 1. The molecule has 1 saturated heterocycles. The zero-order valence-corrected chi connectivity index (χ0v) is 16.2. The van der Waals surface area contributed by atoms with Crippen molar-refractivity contribution in [2.75, 3.05) is 18.4 Å². The highest BCUT2D eigenvalue weighted by Crippen LogP contribution is 2.24. The van der Waals surface area contributed by atoms with E-state index in [1.807, 2.05) is 0 Å². The smallest absolute Gasteiger partial charge is 0.274 e. The summed E-state index contributed by atoms with van der Waals surface area (Å²) in [7, 11) is -3.65. The molecule has 148 valence electrons. The van der Waals surface area contributed by atoms with Crippen molar-refractivity contribution in [2.24, 2.45) is 0 Å². The Kier molecular flexibility index (Phi) is 5.76. The average molecular weight is 403 g/mol. The van der Waals surface area contributed by atoms with Gasteiger partial charge < -0.3 is 5.32 Å². The van der Waals surface area contributed by atoms with E-state index in [2.05, 4.69) is 5.32 Å². The van der Waals surface area contributed by atoms with Crippen LogP contribution < -0.4 is 5.32 Å². The lowest BCUT2D eigenvalue weighted by atomic mass is 10.1. The third kappa shape index (κ3) is 4.20. The average Bonchev–Trinajstić information content (AvgIpc) is 2.70. The molecule has 1 aliphatic heterocycles. The van der Waals surface area contributed by atoms with E-state index in [0.29, 0.717) is 18.7 Å². The number of nitrogens with zero attached hydrogens (tertiary/aromatic N) is 2. The van der Waals surface area contributed by atoms with Gasteiger partial charge in [-0.25, -0.2) is 8.42 Å². The maximum Gasteiger partial charge on any atom is 0.274 e. The lowest BCUT2D eigenvalue weighted by Gasteiger charge is -2.26. The van der Waals surface area contributed by atoms with Crippen molar-refractivity contribution in [3.63, 3.8) is 0 Å². The number of rotatable bonds is 5. The minimum absolute atomic E-state index is 0.0666. The van der Waals surface area contributed by atoms with Crippen molar-refractivity contribution in [1.82, 2.24) is 4.31 Å². The van der Waals surface area contributed by atoms with Crippen LogP contribution in [0.15, 0.2) is 47.4 Å². The second-order valence-corrected chi connectivity index (χ2v) is 8.64. The quantitative estimate of drug-likeness (QED) is 0.608. The first-order valence-corrected chi connectivity index (χ1v) is 10.4. The van der Waals surface area contributed by atoms with Gasteiger partial charge in [0.2, 0.25) is 10.0 Å². The molecular weight excluding hydrogens is 382 g/mol. The number of anilines is 1. The number of piperidine rings is 1. The first kappa shape index (κ1) is 20.0. The summed E-state index contributed by atoms with van der Waals surface area (Å²) in [4.78, 5) is 23.2. The summed E-state index contributed by atoms with van der Waals surface area (Å²) in [5.41, 5.74) is 0.824. The van der Waals surface area contributed by atoms with Crippen LogP contribution >= 0.6 is 0 Å². The first-order valence-electron chi connectivity index (χ1n) is 8.95. The molecule has 0 aromatic heterocycles. The Balaban J connectivity index is 1.83. The second kappa shape index (κ2) is 8.07. The van der Waals surface area contributed by atoms with Crippen molar-refractivity contribution < 1.29 is 18.1 Å². The van der Waals surface area contributed by atoms with Crippen molar-refractivity contribution >= 4 is 27.3 Å². The zero-order chi connectivity index (χ0) is 20.3. The van der Waals surface area contributed by atoms with Gasteiger partial charge >= 0.3 is 0 Å². The predicted molar refractivity (Wildman–Crippen MR) is 105 cm³/mol. The highest BCUT2D eigenvalue weighted by molar-refractivity contribution is 7.89. The molecule has 2 aromatic rings. The molecule has 0 atom stereocenters. The number of hydrogen-bond donors (Lipinski definition) is 1. The SMILES string of the molecule is Cc1ccc(NC(=O)c2cccc(S(=O)(=O)N3CCCCC3)c2)cc1[N+](=O)[O-]. The van der Waals surface area contributed by atoms with E-state index in [4.69, 9.17) is 0 Å². The van der Waals surface area contributed by atoms with Crippen molar-refractivity contribution in [1.29, 1.82) is 0 Å². The number of carbonyl (C=O) groups is 1. The zero-order valence-electron chi connectivity index (χ0n) is 15.4. The molecule has 1 N–H and O–H groups in total. The molecule has 8 nitrogen and oxygen atoms in total. The molecule has 28 heavy (non-hydrogen) atoms. The Morgan fingerprint density at radius 1 is 1.11 bits per heavy atom. The number of nitro benzene ring substituents is 1. The monoisotopic (exact) mass is 403 g/mol. The van der Waals surface area contributed by atoms with E-state index in [9.17, 15) is 23.3 Å². The Bertz CT molecular complexity index is 1010. The van der Waals surface area contributed by atoms with Crippen molar-refractivity contribution in [2.45, 2.75) is 31.1 Å². The molecule has 0 saturated carbocycles. The lowest BCUT2D eigenvalue weighted by molar-refractivity contribution is -0.385. The summed E-state index contributed by atoms with van der Waals surface area (Å²) in [5.74, 6) is -0.533. The topological polar surface area (TPSA) is 110 Å². The van der Waals surface area contributed by atoms with Crippen molar-refractivity contribution in [3.05, 3.63) is 63.7 Å². The first-order chi connectivity index (χ1) is 13.3. The Morgan fingerprint density at radius 3 is 2.50 bits per heavy atom. The number of carbonyl (C=O) groups excluding carboxylic acids is 1. The normalized spacial score (nSPS) is 15.2. The van der Waals surface area contributed by atoms with Gasteiger partial charge in [-0.3, -0.25) is 14.9 Å². The molecule has 1 fully saturated rings. The maximum absolute atomic E-state index is 12.8. The summed E-state index contributed by atoms with van der Waals surface area (Å²) in [6.45, 7) is 2.57. The van der Waals surface area contributed by atoms with Crippen molar-refractivity contribution in [3.8, 4) is 0 Å². The Morgan fingerprint density at radius 2 is 1.82 bits per heavy atom. The van der Waals surface area contributed by atoms with Gasteiger partial charge in [0.1, 0.15) is 0 Å². The van der Waals surface area contributed by atoms with E-state index in [1.54, 1.807) is 19.1 Å². The van der Waals surface area contributed by atoms with Gasteiger partial charge in [-0.2, -0.15) is 4.31 Å². The van der Waals surface area contributed by atoms with E-state index in [0.717, 1.165) is 19.3 Å². The van der Waals surface area contributed by atoms with Gasteiger partial charge in [0.15, 0.2) is 0 Å². The number of sulfonamides is 1. The molecule has 1 amide bonds. The van der Waals surface area contributed by atoms with Crippen LogP contribution in [0.3, 0.4) is 0 Å². The van der Waals surface area contributed by atoms with Gasteiger partial charge in [-0.1, -0.05) is 18.6 Å². The van der Waals surface area contributed by atoms with E-state index >= 15 is 0 Å². The summed E-state index contributed by atoms with van der Waals surface area (Å²) >= 11 is 0. The maximum atomic E-state index is 12.8. The molecule has 0 bridgehead atoms. The summed E-state index contributed by atoms with van der Waals surface area (Å²) < 4.78 is 27.0. The molecule has 0 radical (unpaired) electrons. The number of nitrogens with one attached hydrogen (secondary N) is 1. The number of nitro groups is 1. The molecule has 9 heteroatoms. The van der Waals surface area contributed by atoms with Crippen LogP contribution in [-0.4, -0.2) is 36.6 Å². The molecule has 1 heterocycles. The van der Waals surface area contributed by atoms with Gasteiger partial charge in [0.25, 0.3) is 11.6 Å². The van der Waals surface area contributed by atoms with E-state index in [-0.39, 0.29) is 21.8 Å². The third-order valence-electron chi connectivity index (χ3n) is 4.71. The van der Waals surface area contributed by atoms with Crippen LogP contribution in [0.4, 0.5) is 11.4 Å². The molecule has 0 aliphatic carbocycles. The standard InChI is InChI=1S/C19H21N3O5S/c1-14-8-9-16(13-18(14)22(24)25)20-19(23)15-6-5-7-17(12-15)28(26,27)21-10-3-2-4-11-21/h5-9,12-13H,2-4,10-11H2,1H3,(H,20,23). The fraction of sp³-hybridized carbons (Fsp3) is 0.316. The second-order valence-electron chi connectivity index (χ2n) is 6.71. The highest BCUT2D eigenvalue weighted by atomic mass is 32.2. The molecule has 0 unspecified atom stereocenters. The predicted octanol–water partition coefficient (Wildman–Crippen LogP) is 3.33. The minimum atomic E-state index is -3.65. The summed E-state index contributed by atoms with van der Waals surface area (Å²) in [6, 6.07) is 10.2. The molecule has 2 aromatic carbocycles.